The summed E-state index contributed by atoms with van der Waals surface area (Å²) in [6.07, 6.45) is 1.85. The lowest BCUT2D eigenvalue weighted by Gasteiger charge is -2.32. The Morgan fingerprint density at radius 1 is 1.29 bits per heavy atom. The molecule has 1 unspecified atom stereocenters. The number of hydrogen-bond donors (Lipinski definition) is 1. The Morgan fingerprint density at radius 3 is 2.53 bits per heavy atom. The van der Waals surface area contributed by atoms with Crippen molar-refractivity contribution in [3.05, 3.63) is 28.2 Å². The van der Waals surface area contributed by atoms with Crippen LogP contribution in [0.1, 0.15) is 12.8 Å². The minimum atomic E-state index is -0.110. The number of nitrogens with one attached hydrogen (secondary N) is 1. The number of rotatable bonds is 2. The third kappa shape index (κ3) is 2.73. The van der Waals surface area contributed by atoms with E-state index >= 15 is 0 Å². The van der Waals surface area contributed by atoms with Crippen molar-refractivity contribution in [2.75, 3.05) is 18.5 Å². The molecule has 0 radical (unpaired) electrons. The number of halogens is 2. The molecule has 17 heavy (non-hydrogen) atoms. The fraction of sp³-hybridized carbons (Fsp3) is 0.417. The molecule has 2 rings (SSSR count). The van der Waals surface area contributed by atoms with Crippen molar-refractivity contribution in [3.8, 4) is 0 Å². The Balaban J connectivity index is 2.29. The minimum absolute atomic E-state index is 0.0806. The second-order valence-electron chi connectivity index (χ2n) is 4.10. The van der Waals surface area contributed by atoms with E-state index in [1.54, 1.807) is 30.1 Å². The van der Waals surface area contributed by atoms with E-state index in [1.165, 1.54) is 0 Å². The number of carbonyl (C=O) groups is 1. The van der Waals surface area contributed by atoms with E-state index in [2.05, 4.69) is 5.32 Å². The number of anilines is 1. The number of nitrogens with zero attached hydrogens (tertiary/aromatic N) is 1. The summed E-state index contributed by atoms with van der Waals surface area (Å²) in [5, 5.41) is 4.12. The maximum Gasteiger partial charge on any atom is 0.244 e. The predicted molar refractivity (Wildman–Crippen MR) is 70.9 cm³/mol. The first kappa shape index (κ1) is 12.7. The highest BCUT2D eigenvalue weighted by Crippen LogP contribution is 2.28. The van der Waals surface area contributed by atoms with Crippen molar-refractivity contribution >= 4 is 34.8 Å². The average Bonchev–Trinajstić information content (AvgIpc) is 2.28. The molecule has 1 amide bonds. The predicted octanol–water partition coefficient (Wildman–Crippen LogP) is 2.71. The van der Waals surface area contributed by atoms with Gasteiger partial charge in [0.1, 0.15) is 0 Å². The first-order valence-corrected chi connectivity index (χ1v) is 6.32. The first-order chi connectivity index (χ1) is 8.11. The maximum atomic E-state index is 12.2. The highest BCUT2D eigenvalue weighted by Gasteiger charge is 2.28. The third-order valence-corrected chi connectivity index (χ3v) is 3.38. The fourth-order valence-electron chi connectivity index (χ4n) is 2.09. The van der Waals surface area contributed by atoms with Gasteiger partial charge in [-0.05, 0) is 38.1 Å². The Bertz CT molecular complexity index is 416. The van der Waals surface area contributed by atoms with Crippen molar-refractivity contribution in [1.82, 2.24) is 5.32 Å². The molecule has 0 spiro atoms. The Kier molecular flexibility index (Phi) is 3.92. The van der Waals surface area contributed by atoms with E-state index < -0.39 is 0 Å². The molecule has 1 aromatic carbocycles. The van der Waals surface area contributed by atoms with Crippen molar-refractivity contribution in [2.24, 2.45) is 0 Å². The van der Waals surface area contributed by atoms with Gasteiger partial charge in [0, 0.05) is 22.3 Å². The van der Waals surface area contributed by atoms with Crippen LogP contribution in [0.3, 0.4) is 0 Å². The summed E-state index contributed by atoms with van der Waals surface area (Å²) in [4.78, 5) is 13.9. The topological polar surface area (TPSA) is 32.3 Å². The second-order valence-corrected chi connectivity index (χ2v) is 4.97. The quantitative estimate of drug-likeness (QED) is 0.898. The summed E-state index contributed by atoms with van der Waals surface area (Å²) in [7, 11) is 1.80. The highest BCUT2D eigenvalue weighted by atomic mass is 35.5. The lowest BCUT2D eigenvalue weighted by Crippen LogP contribution is -2.49. The molecule has 1 saturated heterocycles. The van der Waals surface area contributed by atoms with Gasteiger partial charge in [0.25, 0.3) is 0 Å². The summed E-state index contributed by atoms with van der Waals surface area (Å²) in [6.45, 7) is 0.716. The zero-order chi connectivity index (χ0) is 12.4. The van der Waals surface area contributed by atoms with E-state index in [4.69, 9.17) is 23.2 Å². The van der Waals surface area contributed by atoms with Crippen LogP contribution in [0.15, 0.2) is 18.2 Å². The Hall–Kier alpha value is -0.770. The van der Waals surface area contributed by atoms with Crippen LogP contribution >= 0.6 is 23.2 Å². The summed E-state index contributed by atoms with van der Waals surface area (Å²) < 4.78 is 0. The molecular weight excluding hydrogens is 259 g/mol. The maximum absolute atomic E-state index is 12.2. The largest absolute Gasteiger partial charge is 0.311 e. The first-order valence-electron chi connectivity index (χ1n) is 5.56. The zero-order valence-corrected chi connectivity index (χ0v) is 11.1. The molecule has 1 heterocycles. The lowest BCUT2D eigenvalue weighted by molar-refractivity contribution is -0.121. The molecule has 92 valence electrons. The number of benzene rings is 1. The van der Waals surface area contributed by atoms with Crippen molar-refractivity contribution in [2.45, 2.75) is 18.9 Å². The summed E-state index contributed by atoms with van der Waals surface area (Å²) in [5.41, 5.74) is 0.771. The number of amides is 1. The van der Waals surface area contributed by atoms with Crippen LogP contribution in [-0.4, -0.2) is 25.5 Å². The summed E-state index contributed by atoms with van der Waals surface area (Å²) >= 11 is 11.9. The molecule has 1 aliphatic rings. The van der Waals surface area contributed by atoms with E-state index in [1.807, 2.05) is 0 Å². The molecule has 0 aromatic heterocycles. The molecule has 0 bridgehead atoms. The van der Waals surface area contributed by atoms with Gasteiger partial charge in [0.05, 0.1) is 6.04 Å². The van der Waals surface area contributed by atoms with Crippen LogP contribution < -0.4 is 10.2 Å². The van der Waals surface area contributed by atoms with Crippen LogP contribution in [0, 0.1) is 0 Å². The van der Waals surface area contributed by atoms with Gasteiger partial charge in [-0.1, -0.05) is 23.2 Å². The average molecular weight is 273 g/mol. The van der Waals surface area contributed by atoms with Gasteiger partial charge in [-0.25, -0.2) is 0 Å². The number of piperidine rings is 1. The Labute approximate surface area is 111 Å². The fourth-order valence-corrected chi connectivity index (χ4v) is 2.61. The third-order valence-electron chi connectivity index (χ3n) is 2.95. The monoisotopic (exact) mass is 272 g/mol. The van der Waals surface area contributed by atoms with E-state index in [9.17, 15) is 4.79 Å². The van der Waals surface area contributed by atoms with Crippen LogP contribution in [0.2, 0.25) is 10.0 Å². The molecule has 1 N–H and O–H groups in total. The lowest BCUT2D eigenvalue weighted by atomic mass is 10.0. The van der Waals surface area contributed by atoms with Gasteiger partial charge in [-0.2, -0.15) is 0 Å². The van der Waals surface area contributed by atoms with Gasteiger partial charge in [-0.15, -0.1) is 0 Å². The van der Waals surface area contributed by atoms with Crippen molar-refractivity contribution in [1.29, 1.82) is 0 Å². The molecule has 1 aliphatic heterocycles. The van der Waals surface area contributed by atoms with Crippen LogP contribution in [0.4, 0.5) is 5.69 Å². The van der Waals surface area contributed by atoms with E-state index in [-0.39, 0.29) is 11.9 Å². The van der Waals surface area contributed by atoms with Crippen LogP contribution in [0.5, 0.6) is 0 Å². The molecule has 0 aliphatic carbocycles. The second kappa shape index (κ2) is 5.25. The van der Waals surface area contributed by atoms with Crippen LogP contribution in [-0.2, 0) is 4.79 Å². The number of carbonyl (C=O) groups excluding carboxylic acids is 1. The molecule has 1 fully saturated rings. The minimum Gasteiger partial charge on any atom is -0.311 e. The highest BCUT2D eigenvalue weighted by molar-refractivity contribution is 6.35. The smallest absolute Gasteiger partial charge is 0.244 e. The van der Waals surface area contributed by atoms with E-state index in [0.29, 0.717) is 16.6 Å². The summed E-state index contributed by atoms with van der Waals surface area (Å²) in [6, 6.07) is 5.09. The van der Waals surface area contributed by atoms with Gasteiger partial charge < -0.3 is 10.2 Å². The molecule has 1 atom stereocenters. The molecular formula is C12H14Cl2N2O. The molecule has 5 heteroatoms. The van der Waals surface area contributed by atoms with E-state index in [0.717, 1.165) is 18.5 Å². The number of hydrogen-bond acceptors (Lipinski definition) is 2. The standard InChI is InChI=1S/C12H14Cl2N2O/c1-15-11-3-2-4-16(12(11)17)10-6-8(13)5-9(14)7-10/h5-7,11,15H,2-4H2,1H3. The number of likely N-dealkylation sites (N-methyl/N-ethyl adjacent to an activating group) is 1. The SMILES string of the molecule is CNC1CCCN(c2cc(Cl)cc(Cl)c2)C1=O. The van der Waals surface area contributed by atoms with Crippen molar-refractivity contribution < 1.29 is 4.79 Å². The van der Waals surface area contributed by atoms with Gasteiger partial charge >= 0.3 is 0 Å². The normalized spacial score (nSPS) is 20.8. The summed E-state index contributed by atoms with van der Waals surface area (Å²) in [5.74, 6) is 0.0806. The van der Waals surface area contributed by atoms with Gasteiger partial charge in [0.15, 0.2) is 0 Å². The zero-order valence-electron chi connectivity index (χ0n) is 9.54. The Morgan fingerprint density at radius 2 is 1.94 bits per heavy atom. The van der Waals surface area contributed by atoms with Gasteiger partial charge in [-0.3, -0.25) is 4.79 Å². The molecule has 0 saturated carbocycles. The van der Waals surface area contributed by atoms with Crippen LogP contribution in [0.25, 0.3) is 0 Å². The molecule has 1 aromatic rings. The van der Waals surface area contributed by atoms with Gasteiger partial charge in [0.2, 0.25) is 5.91 Å². The van der Waals surface area contributed by atoms with Crippen molar-refractivity contribution in [3.63, 3.8) is 0 Å². The molecule has 3 nitrogen and oxygen atoms in total.